The molecule has 0 spiro atoms. The second kappa shape index (κ2) is 39.9. The Kier molecular flexibility index (Phi) is 31.7. The van der Waals surface area contributed by atoms with Crippen molar-refractivity contribution in [3.63, 3.8) is 0 Å². The molecule has 2 aliphatic heterocycles. The van der Waals surface area contributed by atoms with Crippen molar-refractivity contribution in [1.29, 1.82) is 0 Å². The average Bonchev–Trinajstić information content (AvgIpc) is 1.67. The quantitative estimate of drug-likeness (QED) is 0.0166. The summed E-state index contributed by atoms with van der Waals surface area (Å²) in [6.07, 6.45) is 6.65. The maximum Gasteiger partial charge on any atom is 0.245 e. The molecule has 0 unspecified atom stereocenters. The van der Waals surface area contributed by atoms with Crippen molar-refractivity contribution in [1.82, 2.24) is 52.3 Å². The summed E-state index contributed by atoms with van der Waals surface area (Å²) in [6.45, 7) is 3.85. The number of unbranched alkanes of at least 4 members (excludes halogenated alkanes) is 1. The number of likely N-dealkylation sites (tertiary alicyclic amines) is 2. The molecule has 11 atom stereocenters. The van der Waals surface area contributed by atoms with Crippen molar-refractivity contribution >= 4 is 111 Å². The van der Waals surface area contributed by atoms with Gasteiger partial charge in [0.05, 0.1) is 12.6 Å². The summed E-state index contributed by atoms with van der Waals surface area (Å²) in [6, 6.07) is 7.08. The van der Waals surface area contributed by atoms with Crippen LogP contribution in [-0.4, -0.2) is 198 Å². The molecule has 0 bridgehead atoms. The van der Waals surface area contributed by atoms with Crippen LogP contribution in [0.1, 0.15) is 133 Å². The van der Waals surface area contributed by atoms with Gasteiger partial charge in [-0.1, -0.05) is 80.6 Å². The fraction of sp³-hybridized carbons (Fsp3) is 0.536. The molecule has 2 heterocycles. The Labute approximate surface area is 591 Å². The normalized spacial score (nSPS) is 17.7. The molecule has 22 N–H and O–H groups in total. The van der Waals surface area contributed by atoms with Crippen LogP contribution in [0.2, 0.25) is 0 Å². The number of nitrogens with one attached hydrogen (secondary N) is 8. The van der Waals surface area contributed by atoms with E-state index in [1.807, 2.05) is 56.5 Å². The summed E-state index contributed by atoms with van der Waals surface area (Å²) in [5, 5.41) is 23.2. The highest BCUT2D eigenvalue weighted by molar-refractivity contribution is 7.98. The highest BCUT2D eigenvalue weighted by atomic mass is 32.2. The number of nitrogens with two attached hydrogens (primary N) is 7. The van der Waals surface area contributed by atoms with Crippen LogP contribution in [0.4, 0.5) is 0 Å². The van der Waals surface area contributed by atoms with Gasteiger partial charge in [-0.15, -0.1) is 0 Å². The lowest BCUT2D eigenvalue weighted by atomic mass is 9.90. The third-order valence-corrected chi connectivity index (χ3v) is 18.5. The van der Waals surface area contributed by atoms with Crippen LogP contribution < -0.4 is 82.7 Å². The summed E-state index contributed by atoms with van der Waals surface area (Å²) in [5.74, 6) is -10.8. The Morgan fingerprint density at radius 2 is 1.15 bits per heavy atom. The average molecular weight is 1420 g/mol. The highest BCUT2D eigenvalue weighted by Gasteiger charge is 2.43. The van der Waals surface area contributed by atoms with Crippen LogP contribution in [0, 0.1) is 5.92 Å². The lowest BCUT2D eigenvalue weighted by Gasteiger charge is -2.32. The monoisotopic (exact) mass is 1420 g/mol. The number of rotatable bonds is 41. The van der Waals surface area contributed by atoms with Gasteiger partial charge in [-0.2, -0.15) is 11.8 Å². The van der Waals surface area contributed by atoms with E-state index in [-0.39, 0.29) is 76.6 Å². The fourth-order valence-corrected chi connectivity index (χ4v) is 13.0. The molecule has 0 aromatic heterocycles. The number of hydrogen-bond acceptors (Lipinski definition) is 17. The molecule has 2 saturated heterocycles. The predicted molar refractivity (Wildman–Crippen MR) is 381 cm³/mol. The molecule has 3 aromatic carbocycles. The van der Waals surface area contributed by atoms with Crippen molar-refractivity contribution in [2.45, 2.75) is 183 Å². The van der Waals surface area contributed by atoms with Crippen LogP contribution in [0.5, 0.6) is 0 Å². The number of fused-ring (bicyclic) bond motifs is 2. The lowest BCUT2D eigenvalue weighted by Crippen LogP contribution is -2.60. The molecule has 31 nitrogen and oxygen atoms in total. The molecule has 0 radical (unpaired) electrons. The number of benzene rings is 3. The van der Waals surface area contributed by atoms with Gasteiger partial charge in [0.1, 0.15) is 54.4 Å². The van der Waals surface area contributed by atoms with Gasteiger partial charge in [-0.3, -0.25) is 67.3 Å². The Morgan fingerprint density at radius 1 is 0.584 bits per heavy atom. The van der Waals surface area contributed by atoms with Gasteiger partial charge in [-0.25, -0.2) is 0 Å². The van der Waals surface area contributed by atoms with E-state index < -0.39 is 175 Å². The van der Waals surface area contributed by atoms with Crippen molar-refractivity contribution in [3.05, 3.63) is 89.5 Å². The summed E-state index contributed by atoms with van der Waals surface area (Å²) >= 11 is 1.45. The molecule has 550 valence electrons. The SMILES string of the molecule is CSCC[C@H](NC(=O)[C@H](CC(C)C)NC(=O)CNC(=O)[C@H](Cc1ccccc1)NC(=O)[C@@H](NC(=O)[C@H](CCC(N)=O)NC(=O)[C@H](CCC(N)=O)NC(=O)[C@@H]1CCCN1C(=O)[C@H](CCCCN)NC(=O)[C@@H]1CCCN1C(=O)[C@@H](N)CCCN=C(N)N)[C@H]1C=Cc2cc3ccccc3cc21)C(N)=O. The van der Waals surface area contributed by atoms with E-state index in [0.29, 0.717) is 61.0 Å². The van der Waals surface area contributed by atoms with Crippen LogP contribution in [-0.2, 0) is 68.7 Å². The first-order valence-corrected chi connectivity index (χ1v) is 35.7. The molecule has 13 amide bonds. The smallest absolute Gasteiger partial charge is 0.245 e. The Hall–Kier alpha value is -9.69. The Balaban J connectivity index is 1.24. The number of carbonyl (C=O) groups is 13. The zero-order chi connectivity index (χ0) is 73.9. The first-order chi connectivity index (χ1) is 48.2. The molecular formula is C69H100N18O13S. The summed E-state index contributed by atoms with van der Waals surface area (Å²) in [5.41, 5.74) is 41.6. The number of aliphatic imine (C=N–C) groups is 1. The van der Waals surface area contributed by atoms with E-state index in [9.17, 15) is 52.7 Å². The molecule has 1 aliphatic carbocycles. The van der Waals surface area contributed by atoms with Gasteiger partial charge >= 0.3 is 0 Å². The van der Waals surface area contributed by atoms with Gasteiger partial charge in [0.25, 0.3) is 0 Å². The molecule has 3 aromatic rings. The number of carbonyl (C=O) groups excluding carboxylic acids is 13. The third-order valence-electron chi connectivity index (χ3n) is 17.8. The number of thioether (sulfide) groups is 1. The van der Waals surface area contributed by atoms with Crippen molar-refractivity contribution in [2.75, 3.05) is 44.7 Å². The van der Waals surface area contributed by atoms with Gasteiger partial charge in [0, 0.05) is 44.8 Å². The number of nitrogens with zero attached hydrogens (tertiary/aromatic N) is 3. The van der Waals surface area contributed by atoms with Gasteiger partial charge in [0.15, 0.2) is 5.96 Å². The molecule has 3 aliphatic rings. The fourth-order valence-electron chi connectivity index (χ4n) is 12.6. The number of primary amides is 3. The van der Waals surface area contributed by atoms with Crippen LogP contribution in [0.15, 0.2) is 77.8 Å². The van der Waals surface area contributed by atoms with Crippen molar-refractivity contribution in [3.8, 4) is 0 Å². The Morgan fingerprint density at radius 3 is 1.74 bits per heavy atom. The molecule has 101 heavy (non-hydrogen) atoms. The molecule has 0 saturated carbocycles. The number of hydrogen-bond donors (Lipinski definition) is 15. The number of guanidine groups is 1. The zero-order valence-electron chi connectivity index (χ0n) is 57.6. The van der Waals surface area contributed by atoms with E-state index in [2.05, 4.69) is 47.5 Å². The third kappa shape index (κ3) is 24.6. The first-order valence-electron chi connectivity index (χ1n) is 34.3. The van der Waals surface area contributed by atoms with Crippen molar-refractivity contribution in [2.24, 2.45) is 51.0 Å². The molecule has 2 fully saturated rings. The first kappa shape index (κ1) is 80.3. The van der Waals surface area contributed by atoms with Gasteiger partial charge in [-0.05, 0) is 148 Å². The highest BCUT2D eigenvalue weighted by Crippen LogP contribution is 2.36. The van der Waals surface area contributed by atoms with Crippen molar-refractivity contribution < 1.29 is 62.3 Å². The standard InChI is InChI=1S/C69H100N18O13S/c1-39(2)34-51(63(95)80-47(59(74)91)28-33-101-3)79-57(90)38-78-60(92)52(35-40-14-5-4-6-15-40)84-66(98)58(44-23-22-43-36-41-16-7-8-17-42(41)37-45(43)44)85-62(94)49(25-27-56(73)89)81-61(93)48(24-26-55(72)88)82-64(96)54-21-13-32-87(54)68(100)50(19-9-10-29-70)83-65(97)53-20-12-31-86(53)67(99)46(71)18-11-30-77-69(75)76/h4-8,14-17,22-23,36-37,39,44,46-54,58H,9-13,18-21,24-35,38,70-71H2,1-3H3,(H2,72,88)(H2,73,89)(H2,74,91)(H,78,92)(H,79,90)(H,80,95)(H,81,93)(H,82,96)(H,83,97)(H,84,98)(H,85,94)(H4,75,76,77)/t44-,46-,47-,48-,49-,50-,51-,52-,53-,54-,58-/m0/s1. The number of amides is 13. The zero-order valence-corrected chi connectivity index (χ0v) is 58.4. The van der Waals surface area contributed by atoms with Gasteiger partial charge in [0.2, 0.25) is 76.8 Å². The van der Waals surface area contributed by atoms with E-state index in [0.717, 1.165) is 10.8 Å². The Bertz CT molecular complexity index is 3500. The van der Waals surface area contributed by atoms with E-state index in [1.165, 1.54) is 21.6 Å². The lowest BCUT2D eigenvalue weighted by molar-refractivity contribution is -0.144. The van der Waals surface area contributed by atoms with Crippen LogP contribution in [0.3, 0.4) is 0 Å². The molecule has 32 heteroatoms. The maximum absolute atomic E-state index is 15.3. The molecule has 6 rings (SSSR count). The minimum absolute atomic E-state index is 0.0676. The molecular weight excluding hydrogens is 1320 g/mol. The largest absolute Gasteiger partial charge is 0.370 e. The summed E-state index contributed by atoms with van der Waals surface area (Å²) in [4.78, 5) is 188. The summed E-state index contributed by atoms with van der Waals surface area (Å²) in [7, 11) is 0. The second-order valence-electron chi connectivity index (χ2n) is 26.1. The van der Waals surface area contributed by atoms with Gasteiger partial charge < -0.3 is 92.5 Å². The van der Waals surface area contributed by atoms with E-state index >= 15 is 9.59 Å². The summed E-state index contributed by atoms with van der Waals surface area (Å²) < 4.78 is 0. The van der Waals surface area contributed by atoms with Crippen LogP contribution in [0.25, 0.3) is 16.8 Å². The van der Waals surface area contributed by atoms with E-state index in [1.54, 1.807) is 42.5 Å². The minimum atomic E-state index is -1.68. The van der Waals surface area contributed by atoms with Crippen LogP contribution >= 0.6 is 11.8 Å². The topological polar surface area (TPSA) is 519 Å². The minimum Gasteiger partial charge on any atom is -0.370 e. The maximum atomic E-state index is 15.3. The van der Waals surface area contributed by atoms with E-state index in [4.69, 9.17) is 40.1 Å². The predicted octanol–water partition coefficient (Wildman–Crippen LogP) is -1.99. The second-order valence-corrected chi connectivity index (χ2v) is 27.1.